The SMILES string of the molecule is OC1c2ncncc2Cc2n[nH]nc21. The van der Waals surface area contributed by atoms with Gasteiger partial charge in [0.05, 0.1) is 11.4 Å². The second kappa shape index (κ2) is 2.58. The summed E-state index contributed by atoms with van der Waals surface area (Å²) in [6.45, 7) is 0. The highest BCUT2D eigenvalue weighted by molar-refractivity contribution is 5.36. The number of aliphatic hydroxyl groups is 1. The van der Waals surface area contributed by atoms with Crippen LogP contribution in [-0.4, -0.2) is 30.5 Å². The molecule has 2 aromatic heterocycles. The summed E-state index contributed by atoms with van der Waals surface area (Å²) in [5, 5.41) is 20.2. The predicted octanol–water partition coefficient (Wildman–Crippen LogP) is -0.419. The first-order valence-corrected chi connectivity index (χ1v) is 4.22. The van der Waals surface area contributed by atoms with Crippen LogP contribution in [0.1, 0.15) is 28.7 Å². The van der Waals surface area contributed by atoms with Gasteiger partial charge in [0.25, 0.3) is 0 Å². The first-order chi connectivity index (χ1) is 6.86. The van der Waals surface area contributed by atoms with Crippen LogP contribution in [-0.2, 0) is 6.42 Å². The third kappa shape index (κ3) is 0.882. The molecule has 2 N–H and O–H groups in total. The van der Waals surface area contributed by atoms with Crippen molar-refractivity contribution in [2.24, 2.45) is 0 Å². The van der Waals surface area contributed by atoms with Crippen molar-refractivity contribution in [3.05, 3.63) is 35.2 Å². The Hall–Kier alpha value is -1.82. The number of rotatable bonds is 0. The fourth-order valence-corrected chi connectivity index (χ4v) is 1.67. The lowest BCUT2D eigenvalue weighted by Crippen LogP contribution is -2.15. The van der Waals surface area contributed by atoms with E-state index in [1.54, 1.807) is 6.20 Å². The summed E-state index contributed by atoms with van der Waals surface area (Å²) in [7, 11) is 0. The molecule has 1 atom stereocenters. The Labute approximate surface area is 79.0 Å². The number of nitrogens with one attached hydrogen (secondary N) is 1. The normalized spacial score (nSPS) is 18.8. The van der Waals surface area contributed by atoms with E-state index in [1.807, 2.05) is 0 Å². The smallest absolute Gasteiger partial charge is 0.142 e. The summed E-state index contributed by atoms with van der Waals surface area (Å²) in [6, 6.07) is 0. The van der Waals surface area contributed by atoms with Crippen molar-refractivity contribution in [3.8, 4) is 0 Å². The van der Waals surface area contributed by atoms with E-state index in [4.69, 9.17) is 0 Å². The van der Waals surface area contributed by atoms with Gasteiger partial charge in [-0.2, -0.15) is 15.4 Å². The average Bonchev–Trinajstić information content (AvgIpc) is 2.66. The van der Waals surface area contributed by atoms with Crippen LogP contribution in [0, 0.1) is 0 Å². The molecule has 3 rings (SSSR count). The summed E-state index contributed by atoms with van der Waals surface area (Å²) in [6.07, 6.45) is 2.96. The number of H-pyrrole nitrogens is 1. The number of aliphatic hydroxyl groups excluding tert-OH is 1. The number of aromatic amines is 1. The maximum Gasteiger partial charge on any atom is 0.142 e. The van der Waals surface area contributed by atoms with Gasteiger partial charge in [0.15, 0.2) is 0 Å². The summed E-state index contributed by atoms with van der Waals surface area (Å²) in [5.74, 6) is 0. The van der Waals surface area contributed by atoms with E-state index >= 15 is 0 Å². The lowest BCUT2D eigenvalue weighted by molar-refractivity contribution is 0.205. The van der Waals surface area contributed by atoms with E-state index in [9.17, 15) is 5.11 Å². The monoisotopic (exact) mass is 189 g/mol. The fraction of sp³-hybridized carbons (Fsp3) is 0.250. The molecule has 0 spiro atoms. The predicted molar refractivity (Wildman–Crippen MR) is 45.3 cm³/mol. The molecule has 1 unspecified atom stereocenters. The minimum atomic E-state index is -0.782. The van der Waals surface area contributed by atoms with E-state index in [2.05, 4.69) is 25.4 Å². The Morgan fingerprint density at radius 2 is 2.29 bits per heavy atom. The van der Waals surface area contributed by atoms with Crippen LogP contribution in [0.25, 0.3) is 0 Å². The van der Waals surface area contributed by atoms with Crippen LogP contribution in [0.5, 0.6) is 0 Å². The Morgan fingerprint density at radius 1 is 1.36 bits per heavy atom. The van der Waals surface area contributed by atoms with Gasteiger partial charge in [0, 0.05) is 18.2 Å². The molecule has 0 saturated carbocycles. The summed E-state index contributed by atoms with van der Waals surface area (Å²) >= 11 is 0. The molecule has 1 aliphatic carbocycles. The number of nitrogens with zero attached hydrogens (tertiary/aromatic N) is 4. The second-order valence-corrected chi connectivity index (χ2v) is 3.17. The molecule has 2 aromatic rings. The molecule has 0 aliphatic heterocycles. The third-order valence-electron chi connectivity index (χ3n) is 2.35. The van der Waals surface area contributed by atoms with Crippen LogP contribution < -0.4 is 0 Å². The average molecular weight is 189 g/mol. The molecule has 0 aromatic carbocycles. The summed E-state index contributed by atoms with van der Waals surface area (Å²) in [5.41, 5.74) is 2.86. The molecule has 6 heteroatoms. The molecule has 6 nitrogen and oxygen atoms in total. The maximum absolute atomic E-state index is 9.89. The molecule has 14 heavy (non-hydrogen) atoms. The molecule has 70 valence electrons. The summed E-state index contributed by atoms with van der Waals surface area (Å²) in [4.78, 5) is 7.95. The molecule has 1 aliphatic rings. The largest absolute Gasteiger partial charge is 0.380 e. The van der Waals surface area contributed by atoms with Gasteiger partial charge in [0.1, 0.15) is 18.1 Å². The van der Waals surface area contributed by atoms with Crippen molar-refractivity contribution in [2.75, 3.05) is 0 Å². The fourth-order valence-electron chi connectivity index (χ4n) is 1.67. The van der Waals surface area contributed by atoms with Crippen LogP contribution >= 0.6 is 0 Å². The minimum absolute atomic E-state index is 0.566. The molecule has 0 amide bonds. The summed E-state index contributed by atoms with van der Waals surface area (Å²) < 4.78 is 0. The van der Waals surface area contributed by atoms with Crippen molar-refractivity contribution in [2.45, 2.75) is 12.5 Å². The number of hydrogen-bond donors (Lipinski definition) is 2. The third-order valence-corrected chi connectivity index (χ3v) is 2.35. The van der Waals surface area contributed by atoms with E-state index in [0.29, 0.717) is 17.8 Å². The van der Waals surface area contributed by atoms with Crippen molar-refractivity contribution in [3.63, 3.8) is 0 Å². The highest BCUT2D eigenvalue weighted by atomic mass is 16.3. The van der Waals surface area contributed by atoms with Gasteiger partial charge in [-0.15, -0.1) is 0 Å². The molecular weight excluding hydrogens is 182 g/mol. The zero-order valence-electron chi connectivity index (χ0n) is 7.18. The number of fused-ring (bicyclic) bond motifs is 2. The highest BCUT2D eigenvalue weighted by Crippen LogP contribution is 2.29. The number of aromatic nitrogens is 5. The van der Waals surface area contributed by atoms with Gasteiger partial charge in [-0.3, -0.25) is 0 Å². The molecular formula is C8H7N5O. The zero-order chi connectivity index (χ0) is 9.54. The standard InChI is InChI=1S/C8H7N5O/c14-8-6-4(2-9-3-10-6)1-5-7(8)12-13-11-5/h2-3,8,14H,1H2,(H,11,12,13). The molecule has 0 radical (unpaired) electrons. The van der Waals surface area contributed by atoms with Gasteiger partial charge in [0.2, 0.25) is 0 Å². The van der Waals surface area contributed by atoms with Gasteiger partial charge in [-0.25, -0.2) is 9.97 Å². The Bertz CT molecular complexity index is 480. The van der Waals surface area contributed by atoms with Crippen LogP contribution in [0.4, 0.5) is 0 Å². The molecule has 0 saturated heterocycles. The van der Waals surface area contributed by atoms with Gasteiger partial charge in [-0.05, 0) is 0 Å². The molecule has 0 fully saturated rings. The molecule has 2 heterocycles. The van der Waals surface area contributed by atoms with Gasteiger partial charge < -0.3 is 5.11 Å². The zero-order valence-corrected chi connectivity index (χ0v) is 7.18. The van der Waals surface area contributed by atoms with E-state index in [-0.39, 0.29) is 0 Å². The Kier molecular flexibility index (Phi) is 1.40. The first kappa shape index (κ1) is 7.57. The van der Waals surface area contributed by atoms with Gasteiger partial charge in [-0.1, -0.05) is 0 Å². The van der Waals surface area contributed by atoms with Crippen LogP contribution in [0.15, 0.2) is 12.5 Å². The Morgan fingerprint density at radius 3 is 3.21 bits per heavy atom. The lowest BCUT2D eigenvalue weighted by atomic mass is 9.96. The van der Waals surface area contributed by atoms with E-state index < -0.39 is 6.10 Å². The van der Waals surface area contributed by atoms with Crippen LogP contribution in [0.2, 0.25) is 0 Å². The van der Waals surface area contributed by atoms with Crippen molar-refractivity contribution >= 4 is 0 Å². The van der Waals surface area contributed by atoms with Gasteiger partial charge >= 0.3 is 0 Å². The van der Waals surface area contributed by atoms with E-state index in [0.717, 1.165) is 11.3 Å². The lowest BCUT2D eigenvalue weighted by Gasteiger charge is -2.17. The quantitative estimate of drug-likeness (QED) is 0.587. The molecule has 0 bridgehead atoms. The topological polar surface area (TPSA) is 87.6 Å². The Balaban J connectivity index is 2.20. The second-order valence-electron chi connectivity index (χ2n) is 3.17. The van der Waals surface area contributed by atoms with E-state index in [1.165, 1.54) is 6.33 Å². The van der Waals surface area contributed by atoms with Crippen molar-refractivity contribution < 1.29 is 5.11 Å². The first-order valence-electron chi connectivity index (χ1n) is 4.22. The van der Waals surface area contributed by atoms with Crippen molar-refractivity contribution in [1.82, 2.24) is 25.4 Å². The van der Waals surface area contributed by atoms with Crippen molar-refractivity contribution in [1.29, 1.82) is 0 Å². The highest BCUT2D eigenvalue weighted by Gasteiger charge is 2.28. The number of hydrogen-bond acceptors (Lipinski definition) is 5. The van der Waals surface area contributed by atoms with Crippen LogP contribution in [0.3, 0.4) is 0 Å². The maximum atomic E-state index is 9.89. The minimum Gasteiger partial charge on any atom is -0.380 e.